The maximum absolute atomic E-state index is 13.2. The number of carbonyl (C=O) groups excluding carboxylic acids is 2. The molecule has 0 atom stereocenters. The highest BCUT2D eigenvalue weighted by Crippen LogP contribution is 2.29. The zero-order valence-corrected chi connectivity index (χ0v) is 18.1. The number of phenolic OH excluding ortho intramolecular Hbond substituents is 2. The average molecular weight is 476 g/mol. The Kier molecular flexibility index (Phi) is 6.19. The van der Waals surface area contributed by atoms with E-state index in [0.717, 1.165) is 9.85 Å². The molecule has 0 unspecified atom stereocenters. The van der Waals surface area contributed by atoms with Crippen molar-refractivity contribution < 1.29 is 19.8 Å². The zero-order chi connectivity index (χ0) is 21.1. The number of anilines is 1. The molecule has 150 valence electrons. The summed E-state index contributed by atoms with van der Waals surface area (Å²) < 4.78 is 0.833. The summed E-state index contributed by atoms with van der Waals surface area (Å²) in [6, 6.07) is 10.5. The molecule has 0 fully saturated rings. The Hall–Kier alpha value is -2.91. The van der Waals surface area contributed by atoms with Gasteiger partial charge in [-0.3, -0.25) is 9.59 Å². The van der Waals surface area contributed by atoms with Crippen LogP contribution in [0.4, 0.5) is 5.69 Å². The lowest BCUT2D eigenvalue weighted by atomic mass is 10.1. The van der Waals surface area contributed by atoms with E-state index in [1.54, 1.807) is 44.6 Å². The molecule has 2 amide bonds. The summed E-state index contributed by atoms with van der Waals surface area (Å²) in [5.41, 5.74) is 1.09. The molecule has 0 aliphatic rings. The van der Waals surface area contributed by atoms with Gasteiger partial charge in [-0.15, -0.1) is 11.3 Å². The summed E-state index contributed by atoms with van der Waals surface area (Å²) in [5.74, 6) is -1.06. The molecule has 0 aliphatic carbocycles. The van der Waals surface area contributed by atoms with Gasteiger partial charge in [0.1, 0.15) is 16.5 Å². The van der Waals surface area contributed by atoms with Crippen molar-refractivity contribution in [3.63, 3.8) is 0 Å². The molecule has 0 saturated heterocycles. The summed E-state index contributed by atoms with van der Waals surface area (Å²) in [6.07, 6.45) is 1.65. The molecule has 0 radical (unpaired) electrons. The molecule has 3 rings (SSSR count). The second-order valence-corrected chi connectivity index (χ2v) is 8.89. The fraction of sp³-hybridized carbons (Fsp3) is 0.150. The van der Waals surface area contributed by atoms with Gasteiger partial charge in [0.15, 0.2) is 0 Å². The molecule has 3 aromatic rings. The lowest BCUT2D eigenvalue weighted by Crippen LogP contribution is -2.30. The number of rotatable bonds is 5. The molecule has 1 heterocycles. The molecule has 1 aromatic heterocycles. The lowest BCUT2D eigenvalue weighted by molar-refractivity contribution is 0.0827. The Morgan fingerprint density at radius 2 is 1.76 bits per heavy atom. The SMILES string of the molecule is CN(C)C(=O)c1ccc(N(Cc2ncc(Br)s2)C(=O)c2ccc(O)cc2O)cc1. The molecular weight excluding hydrogens is 458 g/mol. The first-order valence-electron chi connectivity index (χ1n) is 8.52. The Morgan fingerprint density at radius 3 is 2.31 bits per heavy atom. The zero-order valence-electron chi connectivity index (χ0n) is 15.7. The molecule has 7 nitrogen and oxygen atoms in total. The van der Waals surface area contributed by atoms with Crippen LogP contribution in [0.1, 0.15) is 25.7 Å². The summed E-state index contributed by atoms with van der Waals surface area (Å²) in [6.45, 7) is 0.177. The molecule has 9 heteroatoms. The van der Waals surface area contributed by atoms with E-state index in [1.165, 1.54) is 33.3 Å². The Morgan fingerprint density at radius 1 is 1.07 bits per heavy atom. The number of phenols is 2. The van der Waals surface area contributed by atoms with E-state index in [-0.39, 0.29) is 29.5 Å². The van der Waals surface area contributed by atoms with Crippen LogP contribution in [0.2, 0.25) is 0 Å². The van der Waals surface area contributed by atoms with Crippen LogP contribution in [0.3, 0.4) is 0 Å². The molecule has 0 saturated carbocycles. The number of carbonyl (C=O) groups is 2. The highest BCUT2D eigenvalue weighted by atomic mass is 79.9. The first-order chi connectivity index (χ1) is 13.8. The second-order valence-electron chi connectivity index (χ2n) is 6.40. The molecule has 2 N–H and O–H groups in total. The third-order valence-corrected chi connectivity index (χ3v) is 5.57. The van der Waals surface area contributed by atoms with Crippen molar-refractivity contribution in [1.82, 2.24) is 9.88 Å². The van der Waals surface area contributed by atoms with Crippen molar-refractivity contribution in [2.24, 2.45) is 0 Å². The quantitative estimate of drug-likeness (QED) is 0.583. The van der Waals surface area contributed by atoms with Crippen molar-refractivity contribution in [3.8, 4) is 11.5 Å². The molecule has 2 aromatic carbocycles. The normalized spacial score (nSPS) is 10.6. The predicted molar refractivity (Wildman–Crippen MR) is 115 cm³/mol. The fourth-order valence-corrected chi connectivity index (χ4v) is 3.96. The van der Waals surface area contributed by atoms with Crippen molar-refractivity contribution in [2.45, 2.75) is 6.54 Å². The minimum atomic E-state index is -0.458. The molecule has 0 aliphatic heterocycles. The third-order valence-electron chi connectivity index (χ3n) is 4.11. The molecule has 0 bridgehead atoms. The van der Waals surface area contributed by atoms with Gasteiger partial charge in [0, 0.05) is 31.4 Å². The summed E-state index contributed by atoms with van der Waals surface area (Å²) >= 11 is 4.75. The summed E-state index contributed by atoms with van der Waals surface area (Å²) in [4.78, 5) is 32.5. The first-order valence-corrected chi connectivity index (χ1v) is 10.1. The number of halogens is 1. The number of benzene rings is 2. The van der Waals surface area contributed by atoms with E-state index >= 15 is 0 Å². The Labute approximate surface area is 180 Å². The van der Waals surface area contributed by atoms with Crippen LogP contribution in [0, 0.1) is 0 Å². The topological polar surface area (TPSA) is 94.0 Å². The number of aromatic nitrogens is 1. The van der Waals surface area contributed by atoms with Crippen LogP contribution < -0.4 is 4.90 Å². The van der Waals surface area contributed by atoms with Crippen molar-refractivity contribution in [3.05, 3.63) is 68.6 Å². The van der Waals surface area contributed by atoms with E-state index in [9.17, 15) is 19.8 Å². The van der Waals surface area contributed by atoms with Gasteiger partial charge in [0.25, 0.3) is 11.8 Å². The third kappa shape index (κ3) is 4.75. The van der Waals surface area contributed by atoms with Crippen molar-refractivity contribution >= 4 is 44.8 Å². The highest BCUT2D eigenvalue weighted by molar-refractivity contribution is 9.11. The summed E-state index contributed by atoms with van der Waals surface area (Å²) in [7, 11) is 3.33. The molecule has 0 spiro atoms. The van der Waals surface area contributed by atoms with Crippen LogP contribution in [0.25, 0.3) is 0 Å². The van der Waals surface area contributed by atoms with Gasteiger partial charge in [0.05, 0.1) is 22.1 Å². The van der Waals surface area contributed by atoms with Crippen LogP contribution >= 0.6 is 27.3 Å². The number of hydrogen-bond donors (Lipinski definition) is 2. The smallest absolute Gasteiger partial charge is 0.262 e. The van der Waals surface area contributed by atoms with Gasteiger partial charge in [-0.05, 0) is 52.3 Å². The van der Waals surface area contributed by atoms with Crippen LogP contribution in [0.5, 0.6) is 11.5 Å². The van der Waals surface area contributed by atoms with Crippen LogP contribution in [-0.2, 0) is 6.54 Å². The molecule has 29 heavy (non-hydrogen) atoms. The highest BCUT2D eigenvalue weighted by Gasteiger charge is 2.23. The maximum Gasteiger partial charge on any atom is 0.262 e. The van der Waals surface area contributed by atoms with Gasteiger partial charge in [0.2, 0.25) is 0 Å². The van der Waals surface area contributed by atoms with Crippen molar-refractivity contribution in [1.29, 1.82) is 0 Å². The Balaban J connectivity index is 1.98. The monoisotopic (exact) mass is 475 g/mol. The minimum absolute atomic E-state index is 0.0480. The second kappa shape index (κ2) is 8.62. The lowest BCUT2D eigenvalue weighted by Gasteiger charge is -2.23. The van der Waals surface area contributed by atoms with Crippen LogP contribution in [-0.4, -0.2) is 46.0 Å². The first kappa shape index (κ1) is 20.8. The largest absolute Gasteiger partial charge is 0.508 e. The minimum Gasteiger partial charge on any atom is -0.508 e. The fourth-order valence-electron chi connectivity index (χ4n) is 2.67. The Bertz CT molecular complexity index is 1050. The van der Waals surface area contributed by atoms with Gasteiger partial charge in [-0.1, -0.05) is 0 Å². The molecular formula is C20H18BrN3O4S. The van der Waals surface area contributed by atoms with Gasteiger partial charge >= 0.3 is 0 Å². The van der Waals surface area contributed by atoms with E-state index in [2.05, 4.69) is 20.9 Å². The van der Waals surface area contributed by atoms with E-state index < -0.39 is 5.91 Å². The van der Waals surface area contributed by atoms with E-state index in [4.69, 9.17) is 0 Å². The number of hydrogen-bond acceptors (Lipinski definition) is 6. The summed E-state index contributed by atoms with van der Waals surface area (Å²) in [5, 5.41) is 20.3. The van der Waals surface area contributed by atoms with E-state index in [1.807, 2.05) is 0 Å². The number of thiazole rings is 1. The number of aromatic hydroxyl groups is 2. The predicted octanol–water partition coefficient (Wildman–Crippen LogP) is 3.87. The van der Waals surface area contributed by atoms with Gasteiger partial charge in [-0.25, -0.2) is 4.98 Å². The van der Waals surface area contributed by atoms with Gasteiger partial charge in [-0.2, -0.15) is 0 Å². The number of nitrogens with zero attached hydrogens (tertiary/aromatic N) is 3. The van der Waals surface area contributed by atoms with Gasteiger partial charge < -0.3 is 20.0 Å². The number of amides is 2. The average Bonchev–Trinajstić information content (AvgIpc) is 3.10. The van der Waals surface area contributed by atoms with Crippen LogP contribution in [0.15, 0.2) is 52.4 Å². The van der Waals surface area contributed by atoms with E-state index in [0.29, 0.717) is 16.3 Å². The maximum atomic E-state index is 13.2. The van der Waals surface area contributed by atoms with Crippen molar-refractivity contribution in [2.75, 3.05) is 19.0 Å². The standard InChI is InChI=1S/C20H18BrN3O4S/c1-23(2)19(27)12-3-5-13(6-4-12)24(11-18-22-10-17(21)29-18)20(28)15-8-7-14(25)9-16(15)26/h3-10,25-26H,11H2,1-2H3.